The third-order valence-corrected chi connectivity index (χ3v) is 21.2. The van der Waals surface area contributed by atoms with Crippen LogP contribution in [0.1, 0.15) is 63.5 Å². The summed E-state index contributed by atoms with van der Waals surface area (Å²) in [6.07, 6.45) is 11.1. The Balaban J connectivity index is 1.09. The van der Waals surface area contributed by atoms with Gasteiger partial charge < -0.3 is 84.6 Å². The normalized spacial score (nSPS) is 18.0. The fourth-order valence-electron chi connectivity index (χ4n) is 12.2. The van der Waals surface area contributed by atoms with E-state index in [1.54, 1.807) is 74.5 Å². The van der Waals surface area contributed by atoms with Gasteiger partial charge in [0.25, 0.3) is 11.8 Å². The maximum Gasteiger partial charge on any atom is 0.335 e. The maximum absolute atomic E-state index is 12.9. The number of ether oxygens (including phenoxy) is 11. The van der Waals surface area contributed by atoms with E-state index in [1.807, 2.05) is 4.58 Å². The molecule has 3 heterocycles. The van der Waals surface area contributed by atoms with Gasteiger partial charge in [0.1, 0.15) is 47.1 Å². The Morgan fingerprint density at radius 1 is 0.495 bits per heavy atom. The van der Waals surface area contributed by atoms with Gasteiger partial charge in [-0.05, 0) is 97.3 Å². The first kappa shape index (κ1) is 85.8. The number of imide groups is 1. The highest BCUT2D eigenvalue weighted by atomic mass is 32.2. The number of hydroxylamine groups is 2. The predicted molar refractivity (Wildman–Crippen MR) is 368 cm³/mol. The second kappa shape index (κ2) is 39.6. The van der Waals surface area contributed by atoms with Crippen molar-refractivity contribution in [1.82, 2.24) is 5.06 Å². The Morgan fingerprint density at radius 3 is 1.49 bits per heavy atom. The van der Waals surface area contributed by atoms with E-state index in [2.05, 4.69) is 0 Å². The molecule has 0 spiro atoms. The zero-order valence-corrected chi connectivity index (χ0v) is 62.4. The van der Waals surface area contributed by atoms with Gasteiger partial charge in [-0.15, -0.1) is 5.06 Å². The molecule has 2 atom stereocenters. The number of carbonyl (C=O) groups is 3. The van der Waals surface area contributed by atoms with Crippen LogP contribution in [0.25, 0.3) is 21.5 Å². The van der Waals surface area contributed by atoms with Crippen molar-refractivity contribution in [3.63, 3.8) is 0 Å². The van der Waals surface area contributed by atoms with E-state index in [0.29, 0.717) is 53.6 Å². The minimum atomic E-state index is -5.41. The van der Waals surface area contributed by atoms with Gasteiger partial charge in [-0.3, -0.25) is 9.59 Å². The first-order chi connectivity index (χ1) is 49.8. The van der Waals surface area contributed by atoms with E-state index in [0.717, 1.165) is 30.3 Å². The Hall–Kier alpha value is -6.45. The molecule has 3 aliphatic rings. The quantitative estimate of drug-likeness (QED) is 0.0201. The molecule has 0 aliphatic carbocycles. The summed E-state index contributed by atoms with van der Waals surface area (Å²) >= 11 is 0. The predicted octanol–water partition coefficient (Wildman–Crippen LogP) is 3.45. The van der Waals surface area contributed by atoms with Crippen LogP contribution in [0.5, 0.6) is 0 Å². The third-order valence-electron chi connectivity index (χ3n) is 17.0. The molecule has 582 valence electrons. The van der Waals surface area contributed by atoms with E-state index >= 15 is 0 Å². The molecule has 1 saturated heterocycles. The van der Waals surface area contributed by atoms with E-state index < -0.39 is 105 Å². The first-order valence-electron chi connectivity index (χ1n) is 33.1. The number of amides is 2. The average Bonchev–Trinajstić information content (AvgIpc) is 1.59. The fourth-order valence-corrected chi connectivity index (χ4v) is 15.2. The first-order valence-corrected chi connectivity index (χ1v) is 40.4. The van der Waals surface area contributed by atoms with Crippen LogP contribution in [0.4, 0.5) is 11.4 Å². The molecule has 0 radical (unpaired) electrons. The zero-order valence-electron chi connectivity index (χ0n) is 58.3. The van der Waals surface area contributed by atoms with Gasteiger partial charge in [-0.25, -0.2) is 46.9 Å². The Labute approximate surface area is 610 Å². The standard InChI is InChI=1S/C67H89N3O30S5/c1-66(20-10-44-101(74,75)76)59(69(22-26-89-3)56-48-58(105(86,87)88)51-14-13-49(102(77,78)79)45-53(51)65(56)66)11-8-6-5-7-9-12-60-67(2,21-25-92-31-34-96-37-36-94-29-28-90-4)64-54-46-50(103(80,81)82)47-57(104(83,84)85)52(54)15-16-55(64)68(60)23-27-93-32-35-97-39-41-99-43-42-98-40-38-95-33-30-91-24-19-63(73)100-70-61(71)17-18-62(70)72/h5-9,11-16,45-48H,10,17-44H2,1-4H3,(H4-,74,75,76,77,78,79,80,81,82,83,84,85,86,87,88)/p-4. The van der Waals surface area contributed by atoms with Gasteiger partial charge in [0.05, 0.1) is 160 Å². The minimum absolute atomic E-state index is 0.00316. The lowest BCUT2D eigenvalue weighted by Crippen LogP contribution is -2.33. The highest BCUT2D eigenvalue weighted by Crippen LogP contribution is 2.55. The summed E-state index contributed by atoms with van der Waals surface area (Å²) in [5, 5.41) is -0.0133. The van der Waals surface area contributed by atoms with Gasteiger partial charge in [0, 0.05) is 85.9 Å². The van der Waals surface area contributed by atoms with Crippen LogP contribution in [0.3, 0.4) is 0 Å². The molecule has 1 fully saturated rings. The third kappa shape index (κ3) is 24.3. The molecular weight excluding hydrogens is 1490 g/mol. The SMILES string of the molecule is COCCOCCOCCOCCC1(C)C(/C=C/C=C/C=C/C=C2/N(CCOC)c3cc(S(=O)(=O)[O-])c4ccc(S(=O)(=O)[O-])cc4c3C2(C)CCCS(=O)(=O)[O-])=[N+](CCOCCOCCOCCOCCOCCOCCC(=O)ON2C(=O)CCC2=O)c2ccc3c(S(=O)(=O)[O-])cc(S(=O)(=O)[O-])cc3c21. The van der Waals surface area contributed by atoms with Crippen LogP contribution in [0, 0.1) is 0 Å². The van der Waals surface area contributed by atoms with E-state index in [4.69, 9.17) is 56.9 Å². The zero-order chi connectivity index (χ0) is 76.6. The number of carbonyl (C=O) groups excluding carboxylic acids is 3. The minimum Gasteiger partial charge on any atom is -0.748 e. The van der Waals surface area contributed by atoms with Crippen molar-refractivity contribution < 1.29 is 141 Å². The van der Waals surface area contributed by atoms with Crippen molar-refractivity contribution in [2.45, 2.75) is 82.8 Å². The van der Waals surface area contributed by atoms with Gasteiger partial charge in [0.15, 0.2) is 12.3 Å². The highest BCUT2D eigenvalue weighted by molar-refractivity contribution is 7.87. The molecule has 2 amide bonds. The number of hydrogen-bond acceptors (Lipinski definition) is 31. The lowest BCUT2D eigenvalue weighted by molar-refractivity contribution is -0.442. The Kier molecular flexibility index (Phi) is 32.4. The van der Waals surface area contributed by atoms with Gasteiger partial charge in [0.2, 0.25) is 5.69 Å². The maximum atomic E-state index is 12.9. The van der Waals surface area contributed by atoms with Crippen LogP contribution in [0.2, 0.25) is 0 Å². The number of methoxy groups -OCH3 is 2. The lowest BCUT2D eigenvalue weighted by Gasteiger charge is -2.31. The van der Waals surface area contributed by atoms with Crippen LogP contribution in [0.15, 0.2) is 116 Å². The molecular formula is C67H85N3O30S5-4. The largest absolute Gasteiger partial charge is 0.748 e. The molecule has 2 unspecified atom stereocenters. The summed E-state index contributed by atoms with van der Waals surface area (Å²) in [6, 6.07) is 8.48. The molecule has 7 rings (SSSR count). The van der Waals surface area contributed by atoms with Crippen LogP contribution in [-0.2, 0) is 133 Å². The molecule has 0 bridgehead atoms. The van der Waals surface area contributed by atoms with E-state index in [9.17, 15) is 79.2 Å². The van der Waals surface area contributed by atoms with Crippen molar-refractivity contribution in [2.75, 3.05) is 170 Å². The molecule has 33 nitrogen and oxygen atoms in total. The number of anilines is 1. The second-order valence-electron chi connectivity index (χ2n) is 24.2. The second-order valence-corrected chi connectivity index (χ2v) is 31.2. The van der Waals surface area contributed by atoms with Gasteiger partial charge >= 0.3 is 5.97 Å². The molecule has 4 aromatic carbocycles. The smallest absolute Gasteiger partial charge is 0.335 e. The van der Waals surface area contributed by atoms with Gasteiger partial charge in [-0.1, -0.05) is 36.4 Å². The summed E-state index contributed by atoms with van der Waals surface area (Å²) in [5.41, 5.74) is -0.575. The molecule has 0 N–H and O–H groups in total. The molecule has 105 heavy (non-hydrogen) atoms. The monoisotopic (exact) mass is 1570 g/mol. The van der Waals surface area contributed by atoms with Crippen molar-refractivity contribution in [2.24, 2.45) is 0 Å². The number of hydrogen-bond donors (Lipinski definition) is 0. The number of fused-ring (bicyclic) bond motifs is 6. The summed E-state index contributed by atoms with van der Waals surface area (Å²) in [7, 11) is -23.1. The van der Waals surface area contributed by atoms with Crippen LogP contribution in [-0.4, -0.2) is 263 Å². The number of rotatable bonds is 49. The van der Waals surface area contributed by atoms with Gasteiger partial charge in [-0.2, -0.15) is 4.58 Å². The molecule has 3 aliphatic heterocycles. The molecule has 0 saturated carbocycles. The Bertz CT molecular complexity index is 4450. The van der Waals surface area contributed by atoms with Crippen molar-refractivity contribution >= 4 is 107 Å². The van der Waals surface area contributed by atoms with E-state index in [-0.39, 0.29) is 197 Å². The summed E-state index contributed by atoms with van der Waals surface area (Å²) in [5.74, 6) is -2.73. The highest BCUT2D eigenvalue weighted by Gasteiger charge is 2.49. The summed E-state index contributed by atoms with van der Waals surface area (Å²) < 4.78 is 252. The number of allylic oxidation sites excluding steroid dienone is 8. The molecule has 4 aromatic rings. The average molecular weight is 1570 g/mol. The number of benzene rings is 4. The fraction of sp³-hybridized carbons (Fsp3) is 0.522. The Morgan fingerprint density at radius 2 is 0.962 bits per heavy atom. The summed E-state index contributed by atoms with van der Waals surface area (Å²) in [6.45, 7) is 7.45. The van der Waals surface area contributed by atoms with E-state index in [1.165, 1.54) is 13.2 Å². The van der Waals surface area contributed by atoms with Crippen molar-refractivity contribution in [1.29, 1.82) is 0 Å². The molecule has 0 aromatic heterocycles. The van der Waals surface area contributed by atoms with Crippen molar-refractivity contribution in [3.8, 4) is 0 Å². The van der Waals surface area contributed by atoms with Crippen molar-refractivity contribution in [3.05, 3.63) is 108 Å². The van der Waals surface area contributed by atoms with Crippen LogP contribution >= 0.6 is 0 Å². The number of nitrogens with zero attached hydrogens (tertiary/aromatic N) is 3. The topological polar surface area (TPSA) is 457 Å². The lowest BCUT2D eigenvalue weighted by atomic mass is 9.75. The summed E-state index contributed by atoms with van der Waals surface area (Å²) in [4.78, 5) is 38.1. The van der Waals surface area contributed by atoms with Crippen LogP contribution < -0.4 is 4.90 Å². The molecule has 38 heteroatoms.